The van der Waals surface area contributed by atoms with Crippen molar-refractivity contribution in [2.45, 2.75) is 384 Å². The second kappa shape index (κ2) is 55.3. The van der Waals surface area contributed by atoms with E-state index in [2.05, 4.69) is 19.2 Å². The number of aliphatic hydroxyl groups excluding tert-OH is 5. The van der Waals surface area contributed by atoms with Crippen molar-refractivity contribution in [3.8, 4) is 0 Å². The Hall–Kier alpha value is -1.07. The smallest absolute Gasteiger partial charge is 0.220 e. The lowest BCUT2D eigenvalue weighted by Crippen LogP contribution is -2.60. The molecule has 7 atom stereocenters. The van der Waals surface area contributed by atoms with Crippen molar-refractivity contribution in [1.29, 1.82) is 0 Å². The van der Waals surface area contributed by atoms with Crippen molar-refractivity contribution in [3.63, 3.8) is 0 Å². The van der Waals surface area contributed by atoms with Gasteiger partial charge in [0.15, 0.2) is 6.29 Å². The van der Waals surface area contributed by atoms with Crippen LogP contribution in [0.3, 0.4) is 0 Å². The van der Waals surface area contributed by atoms with Gasteiger partial charge in [-0.15, -0.1) is 0 Å². The number of ether oxygens (including phenoxy) is 2. The van der Waals surface area contributed by atoms with Crippen LogP contribution in [-0.2, 0) is 14.3 Å². The molecular weight excluding hydrogens is 923 g/mol. The molecule has 6 N–H and O–H groups in total. The van der Waals surface area contributed by atoms with Crippen LogP contribution in [0.1, 0.15) is 341 Å². The van der Waals surface area contributed by atoms with E-state index in [1.165, 1.54) is 283 Å². The van der Waals surface area contributed by atoms with E-state index in [1.54, 1.807) is 6.08 Å². The van der Waals surface area contributed by atoms with E-state index in [4.69, 9.17) is 9.47 Å². The summed E-state index contributed by atoms with van der Waals surface area (Å²) in [4.78, 5) is 13.0. The number of carbonyl (C=O) groups is 1. The van der Waals surface area contributed by atoms with E-state index in [0.29, 0.717) is 6.42 Å². The monoisotopic (exact) mass is 1050 g/mol. The van der Waals surface area contributed by atoms with Crippen LogP contribution in [0.15, 0.2) is 12.2 Å². The van der Waals surface area contributed by atoms with Gasteiger partial charge in [0, 0.05) is 6.42 Å². The first-order valence-electron chi connectivity index (χ1n) is 32.9. The third-order valence-corrected chi connectivity index (χ3v) is 16.1. The highest BCUT2D eigenvalue weighted by Crippen LogP contribution is 2.23. The number of rotatable bonds is 58. The van der Waals surface area contributed by atoms with Gasteiger partial charge in [0.1, 0.15) is 24.4 Å². The molecule has 0 saturated carbocycles. The van der Waals surface area contributed by atoms with E-state index in [9.17, 15) is 30.3 Å². The largest absolute Gasteiger partial charge is 0.394 e. The zero-order chi connectivity index (χ0) is 53.6. The van der Waals surface area contributed by atoms with Crippen LogP contribution in [0.25, 0.3) is 0 Å². The van der Waals surface area contributed by atoms with Gasteiger partial charge >= 0.3 is 0 Å². The molecule has 1 aliphatic rings. The van der Waals surface area contributed by atoms with Crippen molar-refractivity contribution < 1.29 is 39.8 Å². The van der Waals surface area contributed by atoms with Gasteiger partial charge in [-0.1, -0.05) is 328 Å². The quantitative estimate of drug-likeness (QED) is 0.0261. The lowest BCUT2D eigenvalue weighted by Gasteiger charge is -2.40. The minimum Gasteiger partial charge on any atom is -0.394 e. The molecule has 440 valence electrons. The van der Waals surface area contributed by atoms with Crippen LogP contribution in [0.2, 0.25) is 0 Å². The lowest BCUT2D eigenvalue weighted by atomic mass is 9.99. The fourth-order valence-corrected chi connectivity index (χ4v) is 10.9. The molecule has 0 aromatic heterocycles. The molecule has 9 heteroatoms. The van der Waals surface area contributed by atoms with Crippen LogP contribution in [0, 0.1) is 0 Å². The zero-order valence-corrected chi connectivity index (χ0v) is 49.1. The predicted molar refractivity (Wildman–Crippen MR) is 314 cm³/mol. The van der Waals surface area contributed by atoms with E-state index in [-0.39, 0.29) is 12.5 Å². The Morgan fingerprint density at radius 2 is 0.743 bits per heavy atom. The van der Waals surface area contributed by atoms with E-state index in [1.807, 2.05) is 6.08 Å². The van der Waals surface area contributed by atoms with Gasteiger partial charge in [-0.05, 0) is 19.3 Å². The molecule has 0 spiro atoms. The molecule has 1 aliphatic heterocycles. The molecule has 0 bridgehead atoms. The number of carbonyl (C=O) groups excluding carboxylic acids is 1. The van der Waals surface area contributed by atoms with Crippen molar-refractivity contribution in [3.05, 3.63) is 12.2 Å². The maximum Gasteiger partial charge on any atom is 0.220 e. The number of unbranched alkanes of at least 4 members (excludes halogenated alkanes) is 48. The second-order valence-corrected chi connectivity index (χ2v) is 23.3. The van der Waals surface area contributed by atoms with E-state index in [0.717, 1.165) is 38.5 Å². The Kier molecular flexibility index (Phi) is 53.0. The zero-order valence-electron chi connectivity index (χ0n) is 49.1. The van der Waals surface area contributed by atoms with E-state index < -0.39 is 49.5 Å². The SMILES string of the molecule is CCCCCCCCCCC/C=C/C(O)C(COC1OC(CO)C(O)C(O)C1O)NC(=O)CCCCCCCCCCCCCCCCCCCCCCCCCCCCCCCCCCCCCCCCCC. The number of amides is 1. The van der Waals surface area contributed by atoms with Crippen LogP contribution >= 0.6 is 0 Å². The van der Waals surface area contributed by atoms with E-state index >= 15 is 0 Å². The highest BCUT2D eigenvalue weighted by molar-refractivity contribution is 5.76. The Balaban J connectivity index is 1.97. The van der Waals surface area contributed by atoms with Crippen LogP contribution < -0.4 is 5.32 Å². The number of hydrogen-bond donors (Lipinski definition) is 6. The summed E-state index contributed by atoms with van der Waals surface area (Å²) in [6, 6.07) is -0.799. The molecule has 9 nitrogen and oxygen atoms in total. The lowest BCUT2D eigenvalue weighted by molar-refractivity contribution is -0.302. The standard InChI is InChI=1S/C65H127NO8/c1-3-5-7-9-11-13-15-16-17-18-19-20-21-22-23-24-25-26-27-28-29-30-31-32-33-34-35-36-37-38-39-40-41-42-43-45-47-49-51-53-55-61(69)66-58(57-73-65-64(72)63(71)62(70)60(56-67)74-65)59(68)54-52-50-48-46-44-14-12-10-8-6-4-2/h52,54,58-60,62-65,67-68,70-72H,3-51,53,55-57H2,1-2H3,(H,66,69)/b54-52+. The summed E-state index contributed by atoms with van der Waals surface area (Å²) in [7, 11) is 0. The Morgan fingerprint density at radius 1 is 0.446 bits per heavy atom. The number of aliphatic hydroxyl groups is 5. The highest BCUT2D eigenvalue weighted by atomic mass is 16.7. The summed E-state index contributed by atoms with van der Waals surface area (Å²) in [5.41, 5.74) is 0. The summed E-state index contributed by atoms with van der Waals surface area (Å²) in [5, 5.41) is 54.4. The molecule has 0 aromatic rings. The highest BCUT2D eigenvalue weighted by Gasteiger charge is 2.44. The van der Waals surface area contributed by atoms with Gasteiger partial charge in [0.05, 0.1) is 25.4 Å². The minimum atomic E-state index is -1.56. The molecule has 7 unspecified atom stereocenters. The van der Waals surface area contributed by atoms with Crippen molar-refractivity contribution >= 4 is 5.91 Å². The van der Waals surface area contributed by atoms with Gasteiger partial charge < -0.3 is 40.3 Å². The molecule has 0 aromatic carbocycles. The fourth-order valence-electron chi connectivity index (χ4n) is 10.9. The molecule has 0 aliphatic carbocycles. The number of nitrogens with one attached hydrogen (secondary N) is 1. The third-order valence-electron chi connectivity index (χ3n) is 16.1. The maximum atomic E-state index is 13.0. The number of hydrogen-bond acceptors (Lipinski definition) is 8. The molecule has 0 radical (unpaired) electrons. The summed E-state index contributed by atoms with van der Waals surface area (Å²) < 4.78 is 11.2. The average molecular weight is 1050 g/mol. The average Bonchev–Trinajstić information content (AvgIpc) is 3.40. The van der Waals surface area contributed by atoms with Crippen LogP contribution in [-0.4, -0.2) is 87.5 Å². The molecule has 1 saturated heterocycles. The Labute approximate surface area is 458 Å². The first-order chi connectivity index (χ1) is 36.3. The molecule has 1 fully saturated rings. The fraction of sp³-hybridized carbons (Fsp3) is 0.954. The normalized spacial score (nSPS) is 18.9. The summed E-state index contributed by atoms with van der Waals surface area (Å²) in [5.74, 6) is -0.171. The van der Waals surface area contributed by atoms with Crippen molar-refractivity contribution in [2.75, 3.05) is 13.2 Å². The summed E-state index contributed by atoms with van der Waals surface area (Å²) in [6.45, 7) is 3.80. The third kappa shape index (κ3) is 43.9. The van der Waals surface area contributed by atoms with Gasteiger partial charge in [-0.25, -0.2) is 0 Å². The van der Waals surface area contributed by atoms with Crippen molar-refractivity contribution in [2.24, 2.45) is 0 Å². The Bertz CT molecular complexity index is 1170. The van der Waals surface area contributed by atoms with Gasteiger partial charge in [0.25, 0.3) is 0 Å². The maximum absolute atomic E-state index is 13.0. The molecular formula is C65H127NO8. The second-order valence-electron chi connectivity index (χ2n) is 23.3. The molecule has 74 heavy (non-hydrogen) atoms. The summed E-state index contributed by atoms with van der Waals surface area (Å²) in [6.07, 6.45) is 63.5. The van der Waals surface area contributed by atoms with Gasteiger partial charge in [0.2, 0.25) is 5.91 Å². The Morgan fingerprint density at radius 3 is 1.05 bits per heavy atom. The van der Waals surface area contributed by atoms with Gasteiger partial charge in [-0.2, -0.15) is 0 Å². The minimum absolute atomic E-state index is 0.171. The number of allylic oxidation sites excluding steroid dienone is 1. The molecule has 1 heterocycles. The first-order valence-corrected chi connectivity index (χ1v) is 32.9. The first kappa shape index (κ1) is 70.9. The van der Waals surface area contributed by atoms with Crippen molar-refractivity contribution in [1.82, 2.24) is 5.32 Å². The topological polar surface area (TPSA) is 149 Å². The predicted octanol–water partition coefficient (Wildman–Crippen LogP) is 17.1. The molecule has 1 amide bonds. The van der Waals surface area contributed by atoms with Gasteiger partial charge in [-0.3, -0.25) is 4.79 Å². The van der Waals surface area contributed by atoms with Crippen LogP contribution in [0.4, 0.5) is 0 Å². The van der Waals surface area contributed by atoms with Crippen LogP contribution in [0.5, 0.6) is 0 Å². The molecule has 1 rings (SSSR count). The summed E-state index contributed by atoms with van der Waals surface area (Å²) >= 11 is 0.